The Hall–Kier alpha value is -0.870. The van der Waals surface area contributed by atoms with E-state index in [0.29, 0.717) is 6.61 Å². The van der Waals surface area contributed by atoms with Crippen molar-refractivity contribution in [3.8, 4) is 0 Å². The minimum Gasteiger partial charge on any atom is -0.372 e. The van der Waals surface area contributed by atoms with Crippen LogP contribution in [0.15, 0.2) is 41.8 Å². The van der Waals surface area contributed by atoms with E-state index in [1.165, 1.54) is 4.88 Å². The quantitative estimate of drug-likeness (QED) is 0.830. The molecule has 19 heavy (non-hydrogen) atoms. The van der Waals surface area contributed by atoms with Gasteiger partial charge in [-0.3, -0.25) is 0 Å². The molecule has 1 unspecified atom stereocenters. The Labute approximate surface area is 123 Å². The molecule has 2 aromatic rings. The molecule has 0 bridgehead atoms. The SMILES string of the molecule is CC(CNCc1cccs1)OCc1ccccc1Cl. The molecule has 2 rings (SSSR count). The van der Waals surface area contributed by atoms with Crippen molar-refractivity contribution >= 4 is 22.9 Å². The van der Waals surface area contributed by atoms with Gasteiger partial charge in [-0.1, -0.05) is 35.9 Å². The Morgan fingerprint density at radius 1 is 1.26 bits per heavy atom. The van der Waals surface area contributed by atoms with Gasteiger partial charge >= 0.3 is 0 Å². The van der Waals surface area contributed by atoms with E-state index in [1.54, 1.807) is 11.3 Å². The zero-order valence-corrected chi connectivity index (χ0v) is 12.5. The Balaban J connectivity index is 1.67. The third-order valence-corrected chi connectivity index (χ3v) is 4.04. The molecule has 0 aliphatic rings. The molecule has 0 radical (unpaired) electrons. The zero-order chi connectivity index (χ0) is 13.5. The monoisotopic (exact) mass is 295 g/mol. The van der Waals surface area contributed by atoms with Crippen molar-refractivity contribution in [2.45, 2.75) is 26.2 Å². The van der Waals surface area contributed by atoms with E-state index in [-0.39, 0.29) is 6.10 Å². The fourth-order valence-corrected chi connectivity index (χ4v) is 2.58. The zero-order valence-electron chi connectivity index (χ0n) is 10.9. The third kappa shape index (κ3) is 4.96. The molecule has 102 valence electrons. The summed E-state index contributed by atoms with van der Waals surface area (Å²) in [5.74, 6) is 0. The molecule has 0 saturated carbocycles. The highest BCUT2D eigenvalue weighted by atomic mass is 35.5. The Bertz CT molecular complexity index is 487. The van der Waals surface area contributed by atoms with Gasteiger partial charge in [-0.2, -0.15) is 0 Å². The highest BCUT2D eigenvalue weighted by molar-refractivity contribution is 7.09. The van der Waals surface area contributed by atoms with Crippen LogP contribution >= 0.6 is 22.9 Å². The van der Waals surface area contributed by atoms with E-state index in [4.69, 9.17) is 16.3 Å². The first-order valence-electron chi connectivity index (χ1n) is 6.34. The summed E-state index contributed by atoms with van der Waals surface area (Å²) in [5.41, 5.74) is 1.04. The molecular weight excluding hydrogens is 278 g/mol. The van der Waals surface area contributed by atoms with Gasteiger partial charge in [0.2, 0.25) is 0 Å². The van der Waals surface area contributed by atoms with Crippen molar-refractivity contribution in [2.75, 3.05) is 6.54 Å². The predicted molar refractivity (Wildman–Crippen MR) is 81.7 cm³/mol. The Kier molecular flexibility index (Phi) is 5.86. The number of hydrogen-bond acceptors (Lipinski definition) is 3. The molecule has 1 aromatic heterocycles. The first kappa shape index (κ1) is 14.5. The largest absolute Gasteiger partial charge is 0.372 e. The molecule has 0 aliphatic carbocycles. The van der Waals surface area contributed by atoms with Crippen molar-refractivity contribution in [1.82, 2.24) is 5.32 Å². The first-order chi connectivity index (χ1) is 9.25. The van der Waals surface area contributed by atoms with Crippen molar-refractivity contribution in [2.24, 2.45) is 0 Å². The minimum atomic E-state index is 0.163. The number of rotatable bonds is 7. The molecule has 1 N–H and O–H groups in total. The summed E-state index contributed by atoms with van der Waals surface area (Å²) in [4.78, 5) is 1.35. The van der Waals surface area contributed by atoms with Gasteiger partial charge in [0.1, 0.15) is 0 Å². The summed E-state index contributed by atoms with van der Waals surface area (Å²) in [6.45, 7) is 4.36. The summed E-state index contributed by atoms with van der Waals surface area (Å²) in [6.07, 6.45) is 0.163. The molecule has 0 spiro atoms. The topological polar surface area (TPSA) is 21.3 Å². The maximum absolute atomic E-state index is 6.09. The average Bonchev–Trinajstić information content (AvgIpc) is 2.91. The van der Waals surface area contributed by atoms with Crippen LogP contribution < -0.4 is 5.32 Å². The Morgan fingerprint density at radius 2 is 2.11 bits per heavy atom. The number of hydrogen-bond donors (Lipinski definition) is 1. The summed E-state index contributed by atoms with van der Waals surface area (Å²) in [5, 5.41) is 6.25. The molecule has 0 aliphatic heterocycles. The number of thiophene rings is 1. The van der Waals surface area contributed by atoms with Crippen LogP contribution in [0.5, 0.6) is 0 Å². The predicted octanol–water partition coefficient (Wildman–Crippen LogP) is 4.10. The lowest BCUT2D eigenvalue weighted by Crippen LogP contribution is -2.26. The fourth-order valence-electron chi connectivity index (χ4n) is 1.72. The third-order valence-electron chi connectivity index (χ3n) is 2.79. The molecule has 4 heteroatoms. The summed E-state index contributed by atoms with van der Waals surface area (Å²) in [6, 6.07) is 12.0. The van der Waals surface area contributed by atoms with Crippen LogP contribution in [-0.2, 0) is 17.9 Å². The van der Waals surface area contributed by atoms with Crippen molar-refractivity contribution in [3.63, 3.8) is 0 Å². The molecule has 1 aromatic carbocycles. The molecule has 0 saturated heterocycles. The van der Waals surface area contributed by atoms with Crippen LogP contribution in [0.4, 0.5) is 0 Å². The van der Waals surface area contributed by atoms with Gasteiger partial charge < -0.3 is 10.1 Å². The maximum atomic E-state index is 6.09. The molecule has 1 atom stereocenters. The van der Waals surface area contributed by atoms with Crippen LogP contribution in [0, 0.1) is 0 Å². The average molecular weight is 296 g/mol. The van der Waals surface area contributed by atoms with Crippen LogP contribution in [0.2, 0.25) is 5.02 Å². The van der Waals surface area contributed by atoms with Gasteiger partial charge in [0.15, 0.2) is 0 Å². The Morgan fingerprint density at radius 3 is 2.84 bits per heavy atom. The standard InChI is InChI=1S/C15H18ClNOS/c1-12(9-17-10-14-6-4-8-19-14)18-11-13-5-2-3-7-15(13)16/h2-8,12,17H,9-11H2,1H3. The smallest absolute Gasteiger partial charge is 0.0735 e. The lowest BCUT2D eigenvalue weighted by Gasteiger charge is -2.14. The van der Waals surface area contributed by atoms with Gasteiger partial charge in [0, 0.05) is 23.0 Å². The van der Waals surface area contributed by atoms with Crippen molar-refractivity contribution < 1.29 is 4.74 Å². The lowest BCUT2D eigenvalue weighted by molar-refractivity contribution is 0.0531. The van der Waals surface area contributed by atoms with Gasteiger partial charge in [0.05, 0.1) is 12.7 Å². The van der Waals surface area contributed by atoms with E-state index < -0.39 is 0 Å². The molecule has 2 nitrogen and oxygen atoms in total. The van der Waals surface area contributed by atoms with Crippen LogP contribution in [-0.4, -0.2) is 12.6 Å². The molecule has 1 heterocycles. The van der Waals surface area contributed by atoms with Gasteiger partial charge in [0.25, 0.3) is 0 Å². The lowest BCUT2D eigenvalue weighted by atomic mass is 10.2. The second kappa shape index (κ2) is 7.65. The molecular formula is C15H18ClNOS. The van der Waals surface area contributed by atoms with Crippen molar-refractivity contribution in [3.05, 3.63) is 57.2 Å². The van der Waals surface area contributed by atoms with Crippen LogP contribution in [0.1, 0.15) is 17.4 Å². The number of nitrogens with one attached hydrogen (secondary N) is 1. The minimum absolute atomic E-state index is 0.163. The number of halogens is 1. The number of ether oxygens (including phenoxy) is 1. The second-order valence-corrected chi connectivity index (χ2v) is 5.86. The summed E-state index contributed by atoms with van der Waals surface area (Å²) >= 11 is 7.85. The van der Waals surface area contributed by atoms with Gasteiger partial charge in [-0.05, 0) is 30.0 Å². The highest BCUT2D eigenvalue weighted by Gasteiger charge is 2.04. The van der Waals surface area contributed by atoms with Gasteiger partial charge in [-0.25, -0.2) is 0 Å². The fraction of sp³-hybridized carbons (Fsp3) is 0.333. The summed E-state index contributed by atoms with van der Waals surface area (Å²) in [7, 11) is 0. The second-order valence-electron chi connectivity index (χ2n) is 4.42. The van der Waals surface area contributed by atoms with E-state index in [2.05, 4.69) is 29.8 Å². The normalized spacial score (nSPS) is 12.5. The van der Waals surface area contributed by atoms with E-state index in [0.717, 1.165) is 23.7 Å². The van der Waals surface area contributed by atoms with E-state index >= 15 is 0 Å². The van der Waals surface area contributed by atoms with E-state index in [1.807, 2.05) is 24.3 Å². The van der Waals surface area contributed by atoms with E-state index in [9.17, 15) is 0 Å². The highest BCUT2D eigenvalue weighted by Crippen LogP contribution is 2.16. The van der Waals surface area contributed by atoms with Crippen molar-refractivity contribution in [1.29, 1.82) is 0 Å². The first-order valence-corrected chi connectivity index (χ1v) is 7.59. The molecule has 0 fully saturated rings. The van der Waals surface area contributed by atoms with Gasteiger partial charge in [-0.15, -0.1) is 11.3 Å². The number of benzene rings is 1. The molecule has 0 amide bonds. The maximum Gasteiger partial charge on any atom is 0.0735 e. The summed E-state index contributed by atoms with van der Waals surface area (Å²) < 4.78 is 5.78. The van der Waals surface area contributed by atoms with Crippen LogP contribution in [0.3, 0.4) is 0 Å². The van der Waals surface area contributed by atoms with Crippen LogP contribution in [0.25, 0.3) is 0 Å².